The van der Waals surface area contributed by atoms with Crippen molar-refractivity contribution in [1.82, 2.24) is 0 Å². The van der Waals surface area contributed by atoms with E-state index in [1.54, 1.807) is 7.11 Å². The molecule has 1 rings (SSSR count). The molecule has 16 heavy (non-hydrogen) atoms. The summed E-state index contributed by atoms with van der Waals surface area (Å²) in [5.74, 6) is 0.962. The van der Waals surface area contributed by atoms with Crippen molar-refractivity contribution in [3.05, 3.63) is 29.3 Å². The second kappa shape index (κ2) is 5.32. The van der Waals surface area contributed by atoms with Gasteiger partial charge in [0.1, 0.15) is 5.75 Å². The molecule has 1 aromatic carbocycles. The largest absolute Gasteiger partial charge is 0.497 e. The lowest BCUT2D eigenvalue weighted by molar-refractivity contribution is 0.0977. The summed E-state index contributed by atoms with van der Waals surface area (Å²) < 4.78 is 5.13. The van der Waals surface area contributed by atoms with Crippen LogP contribution in [-0.2, 0) is 0 Å². The van der Waals surface area contributed by atoms with Crippen LogP contribution in [0.2, 0.25) is 0 Å². The Kier molecular flexibility index (Phi) is 4.33. The summed E-state index contributed by atoms with van der Waals surface area (Å²) in [6.07, 6.45) is -0.521. The summed E-state index contributed by atoms with van der Waals surface area (Å²) in [5, 5.41) is 9.94. The Morgan fingerprint density at radius 1 is 1.31 bits per heavy atom. The van der Waals surface area contributed by atoms with Gasteiger partial charge in [-0.05, 0) is 36.1 Å². The molecule has 0 amide bonds. The molecule has 0 fully saturated rings. The van der Waals surface area contributed by atoms with Crippen molar-refractivity contribution in [2.45, 2.75) is 32.9 Å². The van der Waals surface area contributed by atoms with Crippen LogP contribution in [0, 0.1) is 12.8 Å². The first-order valence-electron chi connectivity index (χ1n) is 5.55. The molecule has 0 heterocycles. The molecular weight excluding hydrogens is 202 g/mol. The van der Waals surface area contributed by atoms with Crippen LogP contribution in [-0.4, -0.2) is 18.3 Å². The fraction of sp³-hybridized carbons (Fsp3) is 0.538. The monoisotopic (exact) mass is 223 g/mol. The second-order valence-electron chi connectivity index (χ2n) is 4.48. The molecule has 0 saturated heterocycles. The van der Waals surface area contributed by atoms with Gasteiger partial charge in [-0.2, -0.15) is 0 Å². The molecule has 1 aromatic rings. The van der Waals surface area contributed by atoms with Crippen LogP contribution >= 0.6 is 0 Å². The van der Waals surface area contributed by atoms with Gasteiger partial charge in [-0.15, -0.1) is 0 Å². The molecule has 0 aromatic heterocycles. The number of ether oxygens (including phenoxy) is 1. The molecule has 3 heteroatoms. The molecule has 3 nitrogen and oxygen atoms in total. The Bertz CT molecular complexity index is 350. The molecule has 2 atom stereocenters. The van der Waals surface area contributed by atoms with Crippen molar-refractivity contribution in [1.29, 1.82) is 0 Å². The Hall–Kier alpha value is -1.06. The van der Waals surface area contributed by atoms with E-state index in [9.17, 15) is 5.11 Å². The minimum Gasteiger partial charge on any atom is -0.497 e. The van der Waals surface area contributed by atoms with E-state index >= 15 is 0 Å². The van der Waals surface area contributed by atoms with E-state index in [-0.39, 0.29) is 12.0 Å². The van der Waals surface area contributed by atoms with E-state index in [0.29, 0.717) is 0 Å². The third-order valence-electron chi connectivity index (χ3n) is 2.89. The van der Waals surface area contributed by atoms with Gasteiger partial charge in [0.05, 0.1) is 19.3 Å². The van der Waals surface area contributed by atoms with Gasteiger partial charge in [0.2, 0.25) is 0 Å². The highest BCUT2D eigenvalue weighted by atomic mass is 16.5. The third kappa shape index (κ3) is 2.74. The molecular formula is C13H21NO2. The fourth-order valence-corrected chi connectivity index (χ4v) is 1.75. The number of aliphatic hydroxyl groups is 1. The molecule has 0 radical (unpaired) electrons. The van der Waals surface area contributed by atoms with Crippen LogP contribution in [0.1, 0.15) is 31.0 Å². The number of hydrogen-bond acceptors (Lipinski definition) is 3. The van der Waals surface area contributed by atoms with Crippen LogP contribution < -0.4 is 10.5 Å². The highest BCUT2D eigenvalue weighted by Gasteiger charge is 2.21. The molecule has 0 aliphatic heterocycles. The maximum absolute atomic E-state index is 9.94. The average molecular weight is 223 g/mol. The molecule has 90 valence electrons. The van der Waals surface area contributed by atoms with Gasteiger partial charge in [-0.25, -0.2) is 0 Å². The van der Waals surface area contributed by atoms with Gasteiger partial charge in [-0.3, -0.25) is 0 Å². The molecule has 3 N–H and O–H groups in total. The van der Waals surface area contributed by atoms with Gasteiger partial charge in [0, 0.05) is 0 Å². The second-order valence-corrected chi connectivity index (χ2v) is 4.48. The van der Waals surface area contributed by atoms with Crippen molar-refractivity contribution < 1.29 is 9.84 Å². The van der Waals surface area contributed by atoms with Crippen molar-refractivity contribution in [3.63, 3.8) is 0 Å². The third-order valence-corrected chi connectivity index (χ3v) is 2.89. The standard InChI is InChI=1S/C13H21NO2/c1-8(2)13(15)12(14)11-6-5-10(16-4)7-9(11)3/h5-8,12-13,15H,14H2,1-4H3/t12-,13+/m0/s1. The summed E-state index contributed by atoms with van der Waals surface area (Å²) in [6.45, 7) is 5.90. The fourth-order valence-electron chi connectivity index (χ4n) is 1.75. The number of hydrogen-bond donors (Lipinski definition) is 2. The molecule has 0 spiro atoms. The summed E-state index contributed by atoms with van der Waals surface area (Å²) in [5.41, 5.74) is 8.06. The number of rotatable bonds is 4. The van der Waals surface area contributed by atoms with Crippen molar-refractivity contribution in [2.24, 2.45) is 11.7 Å². The van der Waals surface area contributed by atoms with E-state index in [2.05, 4.69) is 0 Å². The zero-order valence-electron chi connectivity index (χ0n) is 10.4. The quantitative estimate of drug-likeness (QED) is 0.821. The lowest BCUT2D eigenvalue weighted by Gasteiger charge is -2.24. The van der Waals surface area contributed by atoms with Gasteiger partial charge >= 0.3 is 0 Å². The topological polar surface area (TPSA) is 55.5 Å². The zero-order chi connectivity index (χ0) is 12.3. The Morgan fingerprint density at radius 3 is 2.38 bits per heavy atom. The van der Waals surface area contributed by atoms with E-state index in [1.165, 1.54) is 0 Å². The maximum Gasteiger partial charge on any atom is 0.119 e. The Labute approximate surface area is 97.2 Å². The van der Waals surface area contributed by atoms with Gasteiger partial charge in [0.25, 0.3) is 0 Å². The van der Waals surface area contributed by atoms with Crippen molar-refractivity contribution in [3.8, 4) is 5.75 Å². The lowest BCUT2D eigenvalue weighted by Crippen LogP contribution is -2.31. The van der Waals surface area contributed by atoms with Crippen LogP contribution in [0.3, 0.4) is 0 Å². The van der Waals surface area contributed by atoms with Crippen LogP contribution in [0.25, 0.3) is 0 Å². The van der Waals surface area contributed by atoms with E-state index in [4.69, 9.17) is 10.5 Å². The first-order chi connectivity index (χ1) is 7.47. The van der Waals surface area contributed by atoms with E-state index in [1.807, 2.05) is 39.0 Å². The summed E-state index contributed by atoms with van der Waals surface area (Å²) in [6, 6.07) is 5.38. The molecule has 0 aliphatic rings. The van der Waals surface area contributed by atoms with E-state index in [0.717, 1.165) is 16.9 Å². The van der Waals surface area contributed by atoms with E-state index < -0.39 is 6.10 Å². The number of benzene rings is 1. The highest BCUT2D eigenvalue weighted by molar-refractivity contribution is 5.37. The van der Waals surface area contributed by atoms with Crippen LogP contribution in [0.4, 0.5) is 0 Å². The Morgan fingerprint density at radius 2 is 1.94 bits per heavy atom. The van der Waals surface area contributed by atoms with Crippen molar-refractivity contribution >= 4 is 0 Å². The number of aryl methyl sites for hydroxylation is 1. The minimum atomic E-state index is -0.521. The average Bonchev–Trinajstić information content (AvgIpc) is 2.26. The molecule has 0 unspecified atom stereocenters. The molecule has 0 saturated carbocycles. The Balaban J connectivity index is 2.96. The van der Waals surface area contributed by atoms with Crippen molar-refractivity contribution in [2.75, 3.05) is 7.11 Å². The number of nitrogens with two attached hydrogens (primary N) is 1. The molecule has 0 bridgehead atoms. The first-order valence-corrected chi connectivity index (χ1v) is 5.55. The van der Waals surface area contributed by atoms with Crippen LogP contribution in [0.15, 0.2) is 18.2 Å². The zero-order valence-corrected chi connectivity index (χ0v) is 10.4. The normalized spacial score (nSPS) is 14.9. The summed E-state index contributed by atoms with van der Waals surface area (Å²) >= 11 is 0. The van der Waals surface area contributed by atoms with Gasteiger partial charge < -0.3 is 15.6 Å². The number of aliphatic hydroxyl groups excluding tert-OH is 1. The SMILES string of the molecule is COc1ccc([C@H](N)[C@H](O)C(C)C)c(C)c1. The van der Waals surface area contributed by atoms with Gasteiger partial charge in [0.15, 0.2) is 0 Å². The number of methoxy groups -OCH3 is 1. The smallest absolute Gasteiger partial charge is 0.119 e. The predicted octanol–water partition coefficient (Wildman–Crippen LogP) is 2.02. The molecule has 0 aliphatic carbocycles. The van der Waals surface area contributed by atoms with Gasteiger partial charge in [-0.1, -0.05) is 19.9 Å². The summed E-state index contributed by atoms with van der Waals surface area (Å²) in [4.78, 5) is 0. The highest BCUT2D eigenvalue weighted by Crippen LogP contribution is 2.25. The van der Waals surface area contributed by atoms with Crippen LogP contribution in [0.5, 0.6) is 5.75 Å². The maximum atomic E-state index is 9.94. The predicted molar refractivity (Wildman–Crippen MR) is 65.5 cm³/mol. The minimum absolute atomic E-state index is 0.150. The summed E-state index contributed by atoms with van der Waals surface area (Å²) in [7, 11) is 1.64. The first kappa shape index (κ1) is 13.0. The lowest BCUT2D eigenvalue weighted by atomic mass is 9.92.